The molecule has 160 valence electrons. The molecule has 1 fully saturated rings. The van der Waals surface area contributed by atoms with E-state index in [0.29, 0.717) is 29.9 Å². The van der Waals surface area contributed by atoms with Crippen LogP contribution in [0.2, 0.25) is 0 Å². The Morgan fingerprint density at radius 2 is 2.00 bits per heavy atom. The highest BCUT2D eigenvalue weighted by atomic mass is 16.3. The number of allylic oxidation sites excluding steroid dienone is 2. The first-order valence-corrected chi connectivity index (χ1v) is 11.3. The van der Waals surface area contributed by atoms with Crippen LogP contribution in [0.15, 0.2) is 29.8 Å². The van der Waals surface area contributed by atoms with Crippen LogP contribution in [0.5, 0.6) is 5.75 Å². The first-order chi connectivity index (χ1) is 13.6. The maximum Gasteiger partial charge on any atom is 0.224 e. The van der Waals surface area contributed by atoms with Crippen LogP contribution in [0.1, 0.15) is 79.2 Å². The Hall–Kier alpha value is -1.77. The molecule has 29 heavy (non-hydrogen) atoms. The predicted octanol–water partition coefficient (Wildman–Crippen LogP) is 6.72. The van der Waals surface area contributed by atoms with Gasteiger partial charge in [-0.1, -0.05) is 46.3 Å². The van der Waals surface area contributed by atoms with Gasteiger partial charge in [-0.25, -0.2) is 0 Å². The second-order valence-corrected chi connectivity index (χ2v) is 10.5. The summed E-state index contributed by atoms with van der Waals surface area (Å²) < 4.78 is 0. The van der Waals surface area contributed by atoms with Gasteiger partial charge in [-0.3, -0.25) is 4.79 Å². The number of amides is 1. The third-order valence-electron chi connectivity index (χ3n) is 8.12. The minimum atomic E-state index is 0.0366. The average Bonchev–Trinajstić information content (AvgIpc) is 2.63. The molecule has 0 bridgehead atoms. The van der Waals surface area contributed by atoms with Crippen molar-refractivity contribution in [1.82, 2.24) is 0 Å². The molecule has 0 unspecified atom stereocenters. The third kappa shape index (κ3) is 4.25. The molecular weight excluding hydrogens is 358 g/mol. The summed E-state index contributed by atoms with van der Waals surface area (Å²) in [7, 11) is 0. The number of nitrogens with one attached hydrogen (secondary N) is 1. The summed E-state index contributed by atoms with van der Waals surface area (Å²) in [5, 5.41) is 13.6. The van der Waals surface area contributed by atoms with Gasteiger partial charge in [0.15, 0.2) is 0 Å². The van der Waals surface area contributed by atoms with Crippen LogP contribution in [-0.4, -0.2) is 11.0 Å². The summed E-state index contributed by atoms with van der Waals surface area (Å²) in [5.41, 5.74) is 3.68. The number of anilines is 1. The second-order valence-electron chi connectivity index (χ2n) is 10.5. The molecule has 1 saturated carbocycles. The number of phenolic OH excluding ortho intramolecular Hbond substituents is 1. The zero-order valence-electron chi connectivity index (χ0n) is 19.1. The van der Waals surface area contributed by atoms with Gasteiger partial charge in [-0.2, -0.15) is 0 Å². The lowest BCUT2D eigenvalue weighted by Crippen LogP contribution is -2.50. The monoisotopic (exact) mass is 397 g/mol. The second kappa shape index (κ2) is 8.16. The van der Waals surface area contributed by atoms with Gasteiger partial charge in [0.2, 0.25) is 5.91 Å². The van der Waals surface area contributed by atoms with Crippen LogP contribution >= 0.6 is 0 Å². The summed E-state index contributed by atoms with van der Waals surface area (Å²) >= 11 is 0. The summed E-state index contributed by atoms with van der Waals surface area (Å²) in [6.07, 6.45) is 8.66. The Balaban J connectivity index is 1.88. The molecule has 0 aliphatic heterocycles. The average molecular weight is 398 g/mol. The fourth-order valence-electron chi connectivity index (χ4n) is 6.01. The molecule has 3 rings (SSSR count). The lowest BCUT2D eigenvalue weighted by atomic mass is 9.47. The van der Waals surface area contributed by atoms with Gasteiger partial charge in [-0.05, 0) is 91.4 Å². The van der Waals surface area contributed by atoms with Crippen LogP contribution in [0.25, 0.3) is 0 Å². The van der Waals surface area contributed by atoms with E-state index in [0.717, 1.165) is 24.1 Å². The fourth-order valence-corrected chi connectivity index (χ4v) is 6.01. The molecular formula is C26H39NO2. The Bertz CT molecular complexity index is 796. The summed E-state index contributed by atoms with van der Waals surface area (Å²) in [4.78, 5) is 12.2. The van der Waals surface area contributed by atoms with E-state index in [9.17, 15) is 9.90 Å². The highest BCUT2D eigenvalue weighted by Crippen LogP contribution is 2.61. The first-order valence-electron chi connectivity index (χ1n) is 11.3. The van der Waals surface area contributed by atoms with Crippen molar-refractivity contribution < 1.29 is 9.90 Å². The number of aromatic hydroxyl groups is 1. The standard InChI is InChI=1S/C26H39NO2/c1-17(2)14-24(29)27-21-10-11-22(28)20(15-21)16-26(6)19(4)12-13-25(5)18(3)8-7-9-23(25)26/h8,10-11,15,17,19,23,28H,7,9,12-14,16H2,1-6H3,(H,27,29)/t19-,23+,25+,26+/m0/s1. The highest BCUT2D eigenvalue weighted by molar-refractivity contribution is 5.91. The molecule has 1 amide bonds. The third-order valence-corrected chi connectivity index (χ3v) is 8.12. The number of carbonyl (C=O) groups is 1. The maximum absolute atomic E-state index is 12.2. The van der Waals surface area contributed by atoms with E-state index in [1.54, 1.807) is 17.7 Å². The smallest absolute Gasteiger partial charge is 0.224 e. The number of carbonyl (C=O) groups excluding carboxylic acids is 1. The highest BCUT2D eigenvalue weighted by Gasteiger charge is 2.53. The van der Waals surface area contributed by atoms with Gasteiger partial charge in [0, 0.05) is 12.1 Å². The van der Waals surface area contributed by atoms with E-state index < -0.39 is 0 Å². The van der Waals surface area contributed by atoms with Gasteiger partial charge < -0.3 is 10.4 Å². The van der Waals surface area contributed by atoms with Crippen LogP contribution < -0.4 is 5.32 Å². The zero-order chi connectivity index (χ0) is 21.4. The fraction of sp³-hybridized carbons (Fsp3) is 0.654. The Kier molecular flexibility index (Phi) is 6.17. The molecule has 0 heterocycles. The van der Waals surface area contributed by atoms with Crippen LogP contribution in [0.4, 0.5) is 5.69 Å². The van der Waals surface area contributed by atoms with Crippen LogP contribution in [0.3, 0.4) is 0 Å². The van der Waals surface area contributed by atoms with E-state index in [2.05, 4.69) is 39.1 Å². The Morgan fingerprint density at radius 1 is 1.28 bits per heavy atom. The lowest BCUT2D eigenvalue weighted by molar-refractivity contribution is -0.116. The molecule has 2 aliphatic carbocycles. The van der Waals surface area contributed by atoms with Crippen LogP contribution in [0, 0.1) is 28.6 Å². The molecule has 3 nitrogen and oxygen atoms in total. The molecule has 3 heteroatoms. The summed E-state index contributed by atoms with van der Waals surface area (Å²) in [5.74, 6) is 1.92. The SMILES string of the molecule is CC1=CCC[C@H]2[C@](C)(Cc3cc(NC(=O)CC(C)C)ccc3O)[C@@H](C)CC[C@]12C. The van der Waals surface area contributed by atoms with Crippen LogP contribution in [-0.2, 0) is 11.2 Å². The maximum atomic E-state index is 12.2. The predicted molar refractivity (Wildman–Crippen MR) is 121 cm³/mol. The van der Waals surface area contributed by atoms with E-state index in [1.165, 1.54) is 19.3 Å². The molecule has 4 atom stereocenters. The molecule has 1 aromatic rings. The van der Waals surface area contributed by atoms with E-state index in [-0.39, 0.29) is 16.7 Å². The molecule has 0 spiro atoms. The topological polar surface area (TPSA) is 49.3 Å². The Morgan fingerprint density at radius 3 is 2.69 bits per heavy atom. The summed E-state index contributed by atoms with van der Waals surface area (Å²) in [6, 6.07) is 5.53. The van der Waals surface area contributed by atoms with Crippen molar-refractivity contribution in [2.45, 2.75) is 80.1 Å². The van der Waals surface area contributed by atoms with E-state index in [4.69, 9.17) is 0 Å². The Labute approximate surface area is 177 Å². The van der Waals surface area contributed by atoms with Gasteiger partial charge in [0.05, 0.1) is 0 Å². The lowest BCUT2D eigenvalue weighted by Gasteiger charge is -2.58. The van der Waals surface area contributed by atoms with Gasteiger partial charge in [0.25, 0.3) is 0 Å². The molecule has 2 aliphatic rings. The molecule has 1 aromatic carbocycles. The number of phenols is 1. The largest absolute Gasteiger partial charge is 0.508 e. The molecule has 0 saturated heterocycles. The van der Waals surface area contributed by atoms with Crippen molar-refractivity contribution >= 4 is 11.6 Å². The minimum absolute atomic E-state index is 0.0366. The van der Waals surface area contributed by atoms with Crippen molar-refractivity contribution in [3.63, 3.8) is 0 Å². The number of rotatable bonds is 5. The van der Waals surface area contributed by atoms with Crippen molar-refractivity contribution in [1.29, 1.82) is 0 Å². The number of fused-ring (bicyclic) bond motifs is 1. The van der Waals surface area contributed by atoms with Crippen molar-refractivity contribution in [2.24, 2.45) is 28.6 Å². The zero-order valence-corrected chi connectivity index (χ0v) is 19.1. The van der Waals surface area contributed by atoms with Crippen molar-refractivity contribution in [2.75, 3.05) is 5.32 Å². The normalized spacial score (nSPS) is 31.9. The molecule has 0 radical (unpaired) electrons. The summed E-state index contributed by atoms with van der Waals surface area (Å²) in [6.45, 7) is 13.7. The van der Waals surface area contributed by atoms with E-state index >= 15 is 0 Å². The van der Waals surface area contributed by atoms with Crippen molar-refractivity contribution in [3.8, 4) is 5.75 Å². The first kappa shape index (κ1) is 21.9. The number of benzene rings is 1. The molecule has 0 aromatic heterocycles. The quantitative estimate of drug-likeness (QED) is 0.428. The van der Waals surface area contributed by atoms with Crippen molar-refractivity contribution in [3.05, 3.63) is 35.4 Å². The minimum Gasteiger partial charge on any atom is -0.508 e. The van der Waals surface area contributed by atoms with Gasteiger partial charge >= 0.3 is 0 Å². The van der Waals surface area contributed by atoms with Gasteiger partial charge in [-0.15, -0.1) is 0 Å². The number of hydrogen-bond acceptors (Lipinski definition) is 2. The number of hydrogen-bond donors (Lipinski definition) is 2. The van der Waals surface area contributed by atoms with Gasteiger partial charge in [0.1, 0.15) is 5.75 Å². The van der Waals surface area contributed by atoms with E-state index in [1.807, 2.05) is 19.9 Å². The molecule has 2 N–H and O–H groups in total.